The van der Waals surface area contributed by atoms with Gasteiger partial charge in [0.25, 0.3) is 0 Å². The molecular weight excluding hydrogens is 295 g/mol. The van der Waals surface area contributed by atoms with Crippen molar-refractivity contribution in [1.29, 1.82) is 0 Å². The molecule has 1 amide bonds. The molecule has 1 saturated heterocycles. The van der Waals surface area contributed by atoms with E-state index in [1.807, 2.05) is 30.3 Å². The van der Waals surface area contributed by atoms with E-state index >= 15 is 0 Å². The van der Waals surface area contributed by atoms with Crippen LogP contribution in [-0.2, 0) is 16.1 Å². The van der Waals surface area contributed by atoms with Crippen molar-refractivity contribution in [3.8, 4) is 0 Å². The Kier molecular flexibility index (Phi) is 5.83. The highest BCUT2D eigenvalue weighted by molar-refractivity contribution is 5.76. The molecule has 22 heavy (non-hydrogen) atoms. The van der Waals surface area contributed by atoms with Gasteiger partial charge < -0.3 is 9.64 Å². The highest BCUT2D eigenvalue weighted by atomic mass is 19.4. The molecule has 3 nitrogen and oxygen atoms in total. The molecule has 0 unspecified atom stereocenters. The standard InChI is InChI=1S/C16H20F3NO2/c17-16(18,19)9-6-15(21)20-10-7-14(8-11-20)22-12-13-4-2-1-3-5-13/h1-5,14H,6-12H2. The fourth-order valence-corrected chi connectivity index (χ4v) is 2.47. The van der Waals surface area contributed by atoms with Gasteiger partial charge in [-0.1, -0.05) is 30.3 Å². The van der Waals surface area contributed by atoms with Gasteiger partial charge in [-0.25, -0.2) is 0 Å². The summed E-state index contributed by atoms with van der Waals surface area (Å²) in [5.74, 6) is -0.418. The summed E-state index contributed by atoms with van der Waals surface area (Å²) >= 11 is 0. The highest BCUT2D eigenvalue weighted by Crippen LogP contribution is 2.23. The molecule has 0 bridgehead atoms. The van der Waals surface area contributed by atoms with Crippen LogP contribution in [0.5, 0.6) is 0 Å². The van der Waals surface area contributed by atoms with Crippen LogP contribution in [0.3, 0.4) is 0 Å². The third kappa shape index (κ3) is 5.67. The van der Waals surface area contributed by atoms with Gasteiger partial charge in [-0.2, -0.15) is 13.2 Å². The Morgan fingerprint density at radius 3 is 2.41 bits per heavy atom. The summed E-state index contributed by atoms with van der Waals surface area (Å²) in [6.45, 7) is 1.46. The number of amides is 1. The zero-order valence-electron chi connectivity index (χ0n) is 12.3. The van der Waals surface area contributed by atoms with Crippen LogP contribution in [-0.4, -0.2) is 36.2 Å². The first kappa shape index (κ1) is 16.8. The lowest BCUT2D eigenvalue weighted by Gasteiger charge is -2.32. The summed E-state index contributed by atoms with van der Waals surface area (Å²) in [7, 11) is 0. The van der Waals surface area contributed by atoms with Crippen LogP contribution in [0.4, 0.5) is 13.2 Å². The zero-order chi connectivity index (χ0) is 16.0. The minimum absolute atomic E-state index is 0.0619. The number of carbonyl (C=O) groups excluding carboxylic acids is 1. The molecule has 122 valence electrons. The van der Waals surface area contributed by atoms with Crippen molar-refractivity contribution < 1.29 is 22.7 Å². The lowest BCUT2D eigenvalue weighted by molar-refractivity contribution is -0.150. The number of nitrogens with zero attached hydrogens (tertiary/aromatic N) is 1. The number of ether oxygens (including phenoxy) is 1. The summed E-state index contributed by atoms with van der Waals surface area (Å²) in [5.41, 5.74) is 1.09. The van der Waals surface area contributed by atoms with Crippen molar-refractivity contribution in [3.05, 3.63) is 35.9 Å². The molecule has 0 aliphatic carbocycles. The minimum Gasteiger partial charge on any atom is -0.373 e. The maximum Gasteiger partial charge on any atom is 0.389 e. The molecule has 0 atom stereocenters. The SMILES string of the molecule is O=C(CCC(F)(F)F)N1CCC(OCc2ccccc2)CC1. The highest BCUT2D eigenvalue weighted by Gasteiger charge is 2.30. The van der Waals surface area contributed by atoms with E-state index in [1.54, 1.807) is 0 Å². The Labute approximate surface area is 128 Å². The van der Waals surface area contributed by atoms with Crippen molar-refractivity contribution in [2.45, 2.75) is 44.6 Å². The van der Waals surface area contributed by atoms with E-state index in [-0.39, 0.29) is 6.10 Å². The van der Waals surface area contributed by atoms with Gasteiger partial charge >= 0.3 is 6.18 Å². The van der Waals surface area contributed by atoms with Gasteiger partial charge in [-0.15, -0.1) is 0 Å². The molecular formula is C16H20F3NO2. The number of carbonyl (C=O) groups is 1. The van der Waals surface area contributed by atoms with Crippen LogP contribution >= 0.6 is 0 Å². The van der Waals surface area contributed by atoms with Gasteiger partial charge in [-0.05, 0) is 18.4 Å². The Balaban J connectivity index is 1.68. The van der Waals surface area contributed by atoms with Crippen molar-refractivity contribution in [2.75, 3.05) is 13.1 Å². The molecule has 1 aliphatic rings. The molecule has 0 spiro atoms. The van der Waals surface area contributed by atoms with Crippen LogP contribution in [0.15, 0.2) is 30.3 Å². The minimum atomic E-state index is -4.27. The van der Waals surface area contributed by atoms with E-state index in [9.17, 15) is 18.0 Å². The van der Waals surface area contributed by atoms with Crippen LogP contribution in [0.2, 0.25) is 0 Å². The Morgan fingerprint density at radius 2 is 1.82 bits per heavy atom. The largest absolute Gasteiger partial charge is 0.389 e. The van der Waals surface area contributed by atoms with Gasteiger partial charge in [-0.3, -0.25) is 4.79 Å². The summed E-state index contributed by atoms with van der Waals surface area (Å²) in [6.07, 6.45) is -4.37. The number of likely N-dealkylation sites (tertiary alicyclic amines) is 1. The molecule has 1 aromatic carbocycles. The van der Waals surface area contributed by atoms with E-state index in [1.165, 1.54) is 4.90 Å². The van der Waals surface area contributed by atoms with Crippen LogP contribution in [0, 0.1) is 0 Å². The van der Waals surface area contributed by atoms with Gasteiger partial charge in [0, 0.05) is 19.5 Å². The van der Waals surface area contributed by atoms with E-state index in [2.05, 4.69) is 0 Å². The van der Waals surface area contributed by atoms with Gasteiger partial charge in [0.05, 0.1) is 19.1 Å². The van der Waals surface area contributed by atoms with E-state index in [4.69, 9.17) is 4.74 Å². The molecule has 1 fully saturated rings. The van der Waals surface area contributed by atoms with Crippen molar-refractivity contribution in [2.24, 2.45) is 0 Å². The summed E-state index contributed by atoms with van der Waals surface area (Å²) in [6, 6.07) is 9.79. The lowest BCUT2D eigenvalue weighted by atomic mass is 10.1. The van der Waals surface area contributed by atoms with E-state index in [0.29, 0.717) is 32.5 Å². The molecule has 0 radical (unpaired) electrons. The Bertz CT molecular complexity index is 468. The lowest BCUT2D eigenvalue weighted by Crippen LogP contribution is -2.41. The molecule has 2 rings (SSSR count). The van der Waals surface area contributed by atoms with Crippen molar-refractivity contribution >= 4 is 5.91 Å². The molecule has 1 heterocycles. The predicted molar refractivity (Wildman–Crippen MR) is 76.1 cm³/mol. The van der Waals surface area contributed by atoms with Gasteiger partial charge in [0.1, 0.15) is 0 Å². The van der Waals surface area contributed by atoms with Crippen molar-refractivity contribution in [1.82, 2.24) is 4.90 Å². The second-order valence-electron chi connectivity index (χ2n) is 5.49. The molecule has 0 saturated carbocycles. The number of piperidine rings is 1. The fraction of sp³-hybridized carbons (Fsp3) is 0.562. The molecule has 1 aromatic rings. The second kappa shape index (κ2) is 7.63. The number of alkyl halides is 3. The van der Waals surface area contributed by atoms with Crippen LogP contribution < -0.4 is 0 Å². The summed E-state index contributed by atoms with van der Waals surface area (Å²) in [5, 5.41) is 0. The summed E-state index contributed by atoms with van der Waals surface area (Å²) in [4.78, 5) is 13.2. The molecule has 0 aromatic heterocycles. The first-order valence-electron chi connectivity index (χ1n) is 7.44. The molecule has 1 aliphatic heterocycles. The smallest absolute Gasteiger partial charge is 0.373 e. The van der Waals surface area contributed by atoms with E-state index in [0.717, 1.165) is 5.56 Å². The second-order valence-corrected chi connectivity index (χ2v) is 5.49. The van der Waals surface area contributed by atoms with Crippen molar-refractivity contribution in [3.63, 3.8) is 0 Å². The average Bonchev–Trinajstić information content (AvgIpc) is 2.51. The predicted octanol–water partition coefficient (Wildman–Crippen LogP) is 3.54. The quantitative estimate of drug-likeness (QED) is 0.832. The van der Waals surface area contributed by atoms with Gasteiger partial charge in [0.15, 0.2) is 0 Å². The number of hydrogen-bond donors (Lipinski definition) is 0. The topological polar surface area (TPSA) is 29.5 Å². The maximum absolute atomic E-state index is 12.1. The van der Waals surface area contributed by atoms with Crippen LogP contribution in [0.1, 0.15) is 31.2 Å². The Morgan fingerprint density at radius 1 is 1.18 bits per heavy atom. The Hall–Kier alpha value is -1.56. The number of halogens is 3. The average molecular weight is 315 g/mol. The molecule has 0 N–H and O–H groups in total. The first-order chi connectivity index (χ1) is 10.4. The van der Waals surface area contributed by atoms with E-state index < -0.39 is 24.9 Å². The fourth-order valence-electron chi connectivity index (χ4n) is 2.47. The normalized spacial score (nSPS) is 16.8. The first-order valence-corrected chi connectivity index (χ1v) is 7.44. The third-order valence-corrected chi connectivity index (χ3v) is 3.75. The summed E-state index contributed by atoms with van der Waals surface area (Å²) < 4.78 is 42.1. The zero-order valence-corrected chi connectivity index (χ0v) is 12.3. The van der Waals surface area contributed by atoms with Gasteiger partial charge in [0.2, 0.25) is 5.91 Å². The maximum atomic E-state index is 12.1. The monoisotopic (exact) mass is 315 g/mol. The van der Waals surface area contributed by atoms with Crippen LogP contribution in [0.25, 0.3) is 0 Å². The number of rotatable bonds is 5. The molecule has 6 heteroatoms. The third-order valence-electron chi connectivity index (χ3n) is 3.75. The number of hydrogen-bond acceptors (Lipinski definition) is 2. The number of benzene rings is 1.